The van der Waals surface area contributed by atoms with Gasteiger partial charge in [-0.05, 0) is 26.2 Å². The number of hydrogen-bond acceptors (Lipinski definition) is 3. The van der Waals surface area contributed by atoms with Crippen LogP contribution in [0.1, 0.15) is 19.9 Å². The van der Waals surface area contributed by atoms with E-state index in [4.69, 9.17) is 0 Å². The highest BCUT2D eigenvalue weighted by Crippen LogP contribution is 2.21. The highest BCUT2D eigenvalue weighted by molar-refractivity contribution is 7.98. The lowest BCUT2D eigenvalue weighted by molar-refractivity contribution is 0.550. The first kappa shape index (κ1) is 9.52. The number of hydrogen-bond donors (Lipinski definition) is 0. The molecule has 4 heteroatoms. The molecule has 0 bridgehead atoms. The van der Waals surface area contributed by atoms with Gasteiger partial charge in [-0.1, -0.05) is 0 Å². The number of aromatic nitrogens is 3. The van der Waals surface area contributed by atoms with Gasteiger partial charge in [0, 0.05) is 17.1 Å². The zero-order chi connectivity index (χ0) is 10.1. The van der Waals surface area contributed by atoms with Crippen molar-refractivity contribution in [3.8, 4) is 0 Å². The molecule has 2 heterocycles. The van der Waals surface area contributed by atoms with Gasteiger partial charge in [0.2, 0.25) is 0 Å². The van der Waals surface area contributed by atoms with E-state index in [9.17, 15) is 0 Å². The third-order valence-corrected chi connectivity index (χ3v) is 2.84. The van der Waals surface area contributed by atoms with Crippen molar-refractivity contribution in [3.05, 3.63) is 18.5 Å². The molecule has 0 aliphatic carbocycles. The topological polar surface area (TPSA) is 30.7 Å². The van der Waals surface area contributed by atoms with E-state index in [0.717, 1.165) is 11.0 Å². The van der Waals surface area contributed by atoms with E-state index in [0.29, 0.717) is 6.04 Å². The Labute approximate surface area is 87.5 Å². The third-order valence-electron chi connectivity index (χ3n) is 2.15. The minimum Gasteiger partial charge on any atom is -0.261 e. The smallest absolute Gasteiger partial charge is 0.108 e. The minimum atomic E-state index is 0.381. The van der Waals surface area contributed by atoms with E-state index in [1.54, 1.807) is 11.8 Å². The molecule has 0 amide bonds. The molecule has 0 fully saturated rings. The maximum absolute atomic E-state index is 4.35. The van der Waals surface area contributed by atoms with Crippen LogP contribution in [0.3, 0.4) is 0 Å². The second kappa shape index (κ2) is 3.61. The molecule has 0 unspecified atom stereocenters. The first-order valence-electron chi connectivity index (χ1n) is 4.59. The van der Waals surface area contributed by atoms with Crippen LogP contribution in [0.15, 0.2) is 23.4 Å². The average molecular weight is 207 g/mol. The van der Waals surface area contributed by atoms with Gasteiger partial charge in [-0.25, -0.2) is 0 Å². The predicted octanol–water partition coefficient (Wildman–Crippen LogP) is 2.73. The molecular weight excluding hydrogens is 194 g/mol. The van der Waals surface area contributed by atoms with Crippen molar-refractivity contribution in [2.75, 3.05) is 6.26 Å². The normalized spacial score (nSPS) is 11.4. The van der Waals surface area contributed by atoms with Gasteiger partial charge in [-0.2, -0.15) is 5.10 Å². The van der Waals surface area contributed by atoms with E-state index in [1.165, 1.54) is 4.90 Å². The second-order valence-electron chi connectivity index (χ2n) is 3.46. The summed E-state index contributed by atoms with van der Waals surface area (Å²) in [6.45, 7) is 4.25. The van der Waals surface area contributed by atoms with Crippen LogP contribution in [0.25, 0.3) is 11.0 Å². The van der Waals surface area contributed by atoms with Crippen LogP contribution in [-0.4, -0.2) is 21.0 Å². The summed E-state index contributed by atoms with van der Waals surface area (Å²) in [6.07, 6.45) is 5.76. The number of fused-ring (bicyclic) bond motifs is 1. The van der Waals surface area contributed by atoms with Gasteiger partial charge in [0.25, 0.3) is 0 Å². The van der Waals surface area contributed by atoms with Gasteiger partial charge in [0.05, 0.1) is 11.7 Å². The Hall–Kier alpha value is -1.03. The molecular formula is C10H13N3S. The summed E-state index contributed by atoms with van der Waals surface area (Å²) in [5.74, 6) is 0. The van der Waals surface area contributed by atoms with E-state index < -0.39 is 0 Å². The van der Waals surface area contributed by atoms with E-state index >= 15 is 0 Å². The van der Waals surface area contributed by atoms with Crippen molar-refractivity contribution in [1.82, 2.24) is 14.8 Å². The molecule has 0 aromatic carbocycles. The first-order chi connectivity index (χ1) is 6.72. The number of thioether (sulfide) groups is 1. The molecule has 2 aromatic rings. The van der Waals surface area contributed by atoms with E-state index in [1.807, 2.05) is 17.1 Å². The Morgan fingerprint density at radius 2 is 2.14 bits per heavy atom. The van der Waals surface area contributed by atoms with Gasteiger partial charge in [0.1, 0.15) is 5.52 Å². The van der Waals surface area contributed by atoms with Crippen molar-refractivity contribution >= 4 is 22.8 Å². The molecule has 3 nitrogen and oxygen atoms in total. The maximum atomic E-state index is 4.35. The van der Waals surface area contributed by atoms with Crippen LogP contribution >= 0.6 is 11.8 Å². The Bertz CT molecular complexity index is 448. The van der Waals surface area contributed by atoms with Crippen LogP contribution in [0, 0.1) is 0 Å². The minimum absolute atomic E-state index is 0.381. The fraction of sp³-hybridized carbons (Fsp3) is 0.400. The van der Waals surface area contributed by atoms with Gasteiger partial charge in [0.15, 0.2) is 0 Å². The lowest BCUT2D eigenvalue weighted by atomic mass is 10.3. The van der Waals surface area contributed by atoms with Crippen molar-refractivity contribution in [2.24, 2.45) is 0 Å². The average Bonchev–Trinajstić information content (AvgIpc) is 2.59. The zero-order valence-corrected chi connectivity index (χ0v) is 9.38. The maximum Gasteiger partial charge on any atom is 0.108 e. The SMILES string of the molecule is CSc1cnc2cnn(C(C)C)c2c1. The van der Waals surface area contributed by atoms with Crippen molar-refractivity contribution < 1.29 is 0 Å². The van der Waals surface area contributed by atoms with Crippen LogP contribution in [0.2, 0.25) is 0 Å². The standard InChI is InChI=1S/C10H13N3S/c1-7(2)13-10-4-8(14-3)5-11-9(10)6-12-13/h4-7H,1-3H3. The molecule has 0 aliphatic rings. The zero-order valence-electron chi connectivity index (χ0n) is 8.56. The summed E-state index contributed by atoms with van der Waals surface area (Å²) in [5.41, 5.74) is 2.09. The summed E-state index contributed by atoms with van der Waals surface area (Å²) < 4.78 is 2.00. The fourth-order valence-corrected chi connectivity index (χ4v) is 1.82. The lowest BCUT2D eigenvalue weighted by Crippen LogP contribution is -2.01. The van der Waals surface area contributed by atoms with Gasteiger partial charge < -0.3 is 0 Å². The molecule has 2 aromatic heterocycles. The molecule has 0 saturated heterocycles. The summed E-state index contributed by atoms with van der Waals surface area (Å²) in [7, 11) is 0. The van der Waals surface area contributed by atoms with Crippen molar-refractivity contribution in [2.45, 2.75) is 24.8 Å². The van der Waals surface area contributed by atoms with Crippen LogP contribution in [-0.2, 0) is 0 Å². The summed E-state index contributed by atoms with van der Waals surface area (Å²) in [5, 5.41) is 4.32. The summed E-state index contributed by atoms with van der Waals surface area (Å²) >= 11 is 1.70. The van der Waals surface area contributed by atoms with E-state index in [2.05, 4.69) is 36.3 Å². The monoisotopic (exact) mass is 207 g/mol. The fourth-order valence-electron chi connectivity index (χ4n) is 1.43. The largest absolute Gasteiger partial charge is 0.261 e. The molecule has 2 rings (SSSR count). The van der Waals surface area contributed by atoms with Crippen LogP contribution in [0.4, 0.5) is 0 Å². The second-order valence-corrected chi connectivity index (χ2v) is 4.34. The third kappa shape index (κ3) is 1.50. The van der Waals surface area contributed by atoms with Gasteiger partial charge in [-0.15, -0.1) is 11.8 Å². The van der Waals surface area contributed by atoms with E-state index in [-0.39, 0.29) is 0 Å². The van der Waals surface area contributed by atoms with Gasteiger partial charge >= 0.3 is 0 Å². The Kier molecular flexibility index (Phi) is 2.46. The molecule has 0 atom stereocenters. The van der Waals surface area contributed by atoms with Crippen molar-refractivity contribution in [1.29, 1.82) is 0 Å². The highest BCUT2D eigenvalue weighted by atomic mass is 32.2. The summed E-state index contributed by atoms with van der Waals surface area (Å²) in [6, 6.07) is 2.52. The Balaban J connectivity index is 2.63. The molecule has 0 aliphatic heterocycles. The number of rotatable bonds is 2. The molecule has 14 heavy (non-hydrogen) atoms. The molecule has 0 spiro atoms. The summed E-state index contributed by atoms with van der Waals surface area (Å²) in [4.78, 5) is 5.53. The lowest BCUT2D eigenvalue weighted by Gasteiger charge is -2.06. The van der Waals surface area contributed by atoms with Crippen LogP contribution in [0.5, 0.6) is 0 Å². The first-order valence-corrected chi connectivity index (χ1v) is 5.82. The number of pyridine rings is 1. The molecule has 0 N–H and O–H groups in total. The highest BCUT2D eigenvalue weighted by Gasteiger charge is 2.06. The van der Waals surface area contributed by atoms with Crippen LogP contribution < -0.4 is 0 Å². The quantitative estimate of drug-likeness (QED) is 0.709. The number of nitrogens with zero attached hydrogens (tertiary/aromatic N) is 3. The predicted molar refractivity (Wildman–Crippen MR) is 59.7 cm³/mol. The molecule has 74 valence electrons. The van der Waals surface area contributed by atoms with Crippen molar-refractivity contribution in [3.63, 3.8) is 0 Å². The Morgan fingerprint density at radius 1 is 1.36 bits per heavy atom. The Morgan fingerprint density at radius 3 is 2.79 bits per heavy atom. The molecule has 0 saturated carbocycles. The molecule has 0 radical (unpaired) electrons. The van der Waals surface area contributed by atoms with Gasteiger partial charge in [-0.3, -0.25) is 9.67 Å².